The number of anilines is 1. The van der Waals surface area contributed by atoms with Gasteiger partial charge in [-0.2, -0.15) is 0 Å². The molecule has 3 N–H and O–H groups in total. The average Bonchev–Trinajstić information content (AvgIpc) is 2.76. The normalized spacial score (nSPS) is 11.2. The summed E-state index contributed by atoms with van der Waals surface area (Å²) >= 11 is 1.26. The highest BCUT2D eigenvalue weighted by Crippen LogP contribution is 2.31. The minimum atomic E-state index is -0.129. The van der Waals surface area contributed by atoms with Crippen LogP contribution in [0.3, 0.4) is 0 Å². The van der Waals surface area contributed by atoms with Crippen LogP contribution in [0.15, 0.2) is 12.4 Å². The van der Waals surface area contributed by atoms with Gasteiger partial charge < -0.3 is 15.7 Å². The van der Waals surface area contributed by atoms with Crippen LogP contribution in [0.25, 0.3) is 10.3 Å². The molecule has 0 saturated heterocycles. The second-order valence-electron chi connectivity index (χ2n) is 4.72. The number of thiophene rings is 1. The second kappa shape index (κ2) is 6.15. The van der Waals surface area contributed by atoms with Crippen LogP contribution in [0.4, 0.5) is 5.69 Å². The van der Waals surface area contributed by atoms with Crippen molar-refractivity contribution in [1.82, 2.24) is 14.9 Å². The maximum atomic E-state index is 12.6. The Hall–Kier alpha value is -1.73. The zero-order valence-electron chi connectivity index (χ0n) is 11.5. The van der Waals surface area contributed by atoms with Gasteiger partial charge in [-0.05, 0) is 20.3 Å². The van der Waals surface area contributed by atoms with E-state index in [1.807, 2.05) is 13.8 Å². The molecule has 0 aliphatic heterocycles. The van der Waals surface area contributed by atoms with Crippen molar-refractivity contribution >= 4 is 33.3 Å². The van der Waals surface area contributed by atoms with Crippen LogP contribution in [0.2, 0.25) is 0 Å². The number of rotatable bonds is 5. The number of carbonyl (C=O) groups excluding carboxylic acids is 1. The van der Waals surface area contributed by atoms with E-state index in [1.165, 1.54) is 11.3 Å². The van der Waals surface area contributed by atoms with Crippen LogP contribution in [-0.2, 0) is 0 Å². The van der Waals surface area contributed by atoms with Crippen molar-refractivity contribution in [2.24, 2.45) is 0 Å². The molecule has 6 nitrogen and oxygen atoms in total. The van der Waals surface area contributed by atoms with Crippen LogP contribution < -0.4 is 5.73 Å². The predicted molar refractivity (Wildman–Crippen MR) is 79.7 cm³/mol. The lowest BCUT2D eigenvalue weighted by molar-refractivity contribution is 0.0699. The largest absolute Gasteiger partial charge is 0.396 e. The van der Waals surface area contributed by atoms with E-state index in [1.54, 1.807) is 17.3 Å². The van der Waals surface area contributed by atoms with Gasteiger partial charge in [0.05, 0.1) is 5.69 Å². The Morgan fingerprint density at radius 3 is 2.75 bits per heavy atom. The van der Waals surface area contributed by atoms with Crippen LogP contribution in [0.5, 0.6) is 0 Å². The van der Waals surface area contributed by atoms with Gasteiger partial charge in [-0.25, -0.2) is 9.97 Å². The Labute approximate surface area is 121 Å². The minimum Gasteiger partial charge on any atom is -0.396 e. The zero-order valence-corrected chi connectivity index (χ0v) is 12.4. The minimum absolute atomic E-state index is 0.0413. The predicted octanol–water partition coefficient (Wildman–Crippen LogP) is 1.51. The molecule has 7 heteroatoms. The number of carbonyl (C=O) groups is 1. The lowest BCUT2D eigenvalue weighted by atomic mass is 10.2. The number of aliphatic hydroxyl groups is 1. The number of nitrogen functional groups attached to an aromatic ring is 1. The van der Waals surface area contributed by atoms with Gasteiger partial charge in [0, 0.05) is 31.6 Å². The molecule has 0 spiro atoms. The maximum absolute atomic E-state index is 12.6. The van der Waals surface area contributed by atoms with Gasteiger partial charge >= 0.3 is 0 Å². The molecule has 0 aliphatic rings. The molecule has 0 aromatic carbocycles. The second-order valence-corrected chi connectivity index (χ2v) is 5.72. The summed E-state index contributed by atoms with van der Waals surface area (Å²) in [7, 11) is 0. The summed E-state index contributed by atoms with van der Waals surface area (Å²) < 4.78 is 0. The summed E-state index contributed by atoms with van der Waals surface area (Å²) in [4.78, 5) is 23.8. The van der Waals surface area contributed by atoms with Gasteiger partial charge in [0.15, 0.2) is 0 Å². The first-order valence-electron chi connectivity index (χ1n) is 6.47. The van der Waals surface area contributed by atoms with Crippen molar-refractivity contribution in [3.63, 3.8) is 0 Å². The molecule has 0 unspecified atom stereocenters. The average molecular weight is 294 g/mol. The van der Waals surface area contributed by atoms with E-state index in [0.717, 1.165) is 0 Å². The highest BCUT2D eigenvalue weighted by Gasteiger charge is 2.24. The van der Waals surface area contributed by atoms with Crippen molar-refractivity contribution in [2.75, 3.05) is 18.9 Å². The van der Waals surface area contributed by atoms with Gasteiger partial charge in [-0.3, -0.25) is 4.79 Å². The third-order valence-electron chi connectivity index (χ3n) is 3.00. The smallest absolute Gasteiger partial charge is 0.266 e. The Bertz CT molecular complexity index is 611. The van der Waals surface area contributed by atoms with E-state index in [4.69, 9.17) is 10.8 Å². The highest BCUT2D eigenvalue weighted by molar-refractivity contribution is 7.21. The number of fused-ring (bicyclic) bond motifs is 1. The Morgan fingerprint density at radius 1 is 1.45 bits per heavy atom. The maximum Gasteiger partial charge on any atom is 0.266 e. The number of hydrogen-bond acceptors (Lipinski definition) is 6. The molecule has 2 heterocycles. The van der Waals surface area contributed by atoms with Crippen LogP contribution in [0.1, 0.15) is 29.9 Å². The zero-order chi connectivity index (χ0) is 14.7. The number of nitrogens with zero attached hydrogens (tertiary/aromatic N) is 3. The van der Waals surface area contributed by atoms with Crippen LogP contribution >= 0.6 is 11.3 Å². The Balaban J connectivity index is 2.36. The summed E-state index contributed by atoms with van der Waals surface area (Å²) in [5.74, 6) is -0.129. The number of hydrogen-bond donors (Lipinski definition) is 2. The van der Waals surface area contributed by atoms with Gasteiger partial charge in [0.25, 0.3) is 5.91 Å². The fourth-order valence-electron chi connectivity index (χ4n) is 1.97. The molecular weight excluding hydrogens is 276 g/mol. The number of amides is 1. The Morgan fingerprint density at radius 2 is 2.15 bits per heavy atom. The Kier molecular flexibility index (Phi) is 4.51. The molecule has 2 aromatic rings. The summed E-state index contributed by atoms with van der Waals surface area (Å²) in [6, 6.07) is 0.0413. The molecule has 0 radical (unpaired) electrons. The molecule has 0 atom stereocenters. The number of aliphatic hydroxyl groups excluding tert-OH is 1. The lowest BCUT2D eigenvalue weighted by Gasteiger charge is -2.26. The summed E-state index contributed by atoms with van der Waals surface area (Å²) in [5.41, 5.74) is 6.98. The third kappa shape index (κ3) is 2.73. The van der Waals surface area contributed by atoms with Crippen molar-refractivity contribution in [2.45, 2.75) is 26.3 Å². The van der Waals surface area contributed by atoms with Crippen molar-refractivity contribution < 1.29 is 9.90 Å². The van der Waals surface area contributed by atoms with E-state index >= 15 is 0 Å². The molecule has 20 heavy (non-hydrogen) atoms. The van der Waals surface area contributed by atoms with E-state index in [2.05, 4.69) is 9.97 Å². The summed E-state index contributed by atoms with van der Waals surface area (Å²) in [6.45, 7) is 4.44. The molecule has 108 valence electrons. The van der Waals surface area contributed by atoms with Gasteiger partial charge in [-0.15, -0.1) is 11.3 Å². The lowest BCUT2D eigenvalue weighted by Crippen LogP contribution is -2.37. The number of nitrogens with two attached hydrogens (primary N) is 1. The standard InChI is InChI=1S/C13H18N4O2S/c1-8(2)17(6-3-7-18)13(19)11-9(14)10-12(20-11)16-5-4-15-10/h4-5,8,18H,3,6-7,14H2,1-2H3. The molecular formula is C13H18N4O2S. The van der Waals surface area contributed by atoms with Gasteiger partial charge in [-0.1, -0.05) is 0 Å². The van der Waals surface area contributed by atoms with Crippen molar-refractivity contribution in [3.05, 3.63) is 17.3 Å². The van der Waals surface area contributed by atoms with Gasteiger partial charge in [0.2, 0.25) is 0 Å². The summed E-state index contributed by atoms with van der Waals surface area (Å²) in [5, 5.41) is 8.94. The van der Waals surface area contributed by atoms with E-state index in [0.29, 0.717) is 33.9 Å². The first kappa shape index (κ1) is 14.7. The van der Waals surface area contributed by atoms with Crippen LogP contribution in [-0.4, -0.2) is 45.1 Å². The molecule has 0 aliphatic carbocycles. The molecule has 1 amide bonds. The van der Waals surface area contributed by atoms with Crippen molar-refractivity contribution in [1.29, 1.82) is 0 Å². The first-order valence-corrected chi connectivity index (χ1v) is 7.28. The molecule has 0 bridgehead atoms. The highest BCUT2D eigenvalue weighted by atomic mass is 32.1. The first-order chi connectivity index (χ1) is 9.56. The quantitative estimate of drug-likeness (QED) is 0.872. The topological polar surface area (TPSA) is 92.3 Å². The van der Waals surface area contributed by atoms with Crippen molar-refractivity contribution in [3.8, 4) is 0 Å². The molecule has 2 rings (SSSR count). The van der Waals surface area contributed by atoms with E-state index in [-0.39, 0.29) is 18.6 Å². The van der Waals surface area contributed by atoms with Crippen LogP contribution in [0, 0.1) is 0 Å². The summed E-state index contributed by atoms with van der Waals surface area (Å²) in [6.07, 6.45) is 3.69. The number of aromatic nitrogens is 2. The van der Waals surface area contributed by atoms with E-state index in [9.17, 15) is 4.79 Å². The fourth-order valence-corrected chi connectivity index (χ4v) is 2.95. The SMILES string of the molecule is CC(C)N(CCCO)C(=O)c1sc2nccnc2c1N. The fraction of sp³-hybridized carbons (Fsp3) is 0.462. The molecule has 0 saturated carbocycles. The third-order valence-corrected chi connectivity index (χ3v) is 4.09. The van der Waals surface area contributed by atoms with E-state index < -0.39 is 0 Å². The molecule has 0 fully saturated rings. The van der Waals surface area contributed by atoms with Gasteiger partial charge in [0.1, 0.15) is 15.2 Å². The monoisotopic (exact) mass is 294 g/mol. The molecule has 2 aromatic heterocycles.